The first kappa shape index (κ1) is 19.2. The van der Waals surface area contributed by atoms with Crippen LogP contribution in [0.25, 0.3) is 11.0 Å². The molecule has 1 amide bonds. The van der Waals surface area contributed by atoms with Crippen LogP contribution < -0.4 is 4.90 Å². The lowest BCUT2D eigenvalue weighted by Crippen LogP contribution is -2.24. The van der Waals surface area contributed by atoms with Crippen molar-refractivity contribution in [1.29, 1.82) is 0 Å². The standard InChI is InChI=1S/C24H19Cl2N3O/c25-18-7-5-8-19(13-18)28-15-17(12-23(28)30)24-27-21-10-3-4-11-22(21)29(24)14-16-6-1-2-9-20(16)26/h1-11,13,17H,12,14-15H2. The number of halogens is 2. The summed E-state index contributed by atoms with van der Waals surface area (Å²) in [5.41, 5.74) is 3.82. The van der Waals surface area contributed by atoms with Crippen LogP contribution in [0.1, 0.15) is 23.7 Å². The predicted molar refractivity (Wildman–Crippen MR) is 121 cm³/mol. The molecule has 30 heavy (non-hydrogen) atoms. The van der Waals surface area contributed by atoms with E-state index in [4.69, 9.17) is 28.2 Å². The van der Waals surface area contributed by atoms with Gasteiger partial charge in [0.15, 0.2) is 0 Å². The van der Waals surface area contributed by atoms with Gasteiger partial charge in [0.1, 0.15) is 5.82 Å². The van der Waals surface area contributed by atoms with Crippen molar-refractivity contribution in [3.05, 3.63) is 94.2 Å². The Morgan fingerprint density at radius 2 is 1.77 bits per heavy atom. The predicted octanol–water partition coefficient (Wildman–Crippen LogP) is 5.91. The molecule has 0 spiro atoms. The molecular formula is C24H19Cl2N3O. The van der Waals surface area contributed by atoms with E-state index in [0.717, 1.165) is 33.1 Å². The maximum atomic E-state index is 12.8. The third kappa shape index (κ3) is 3.47. The number of benzene rings is 3. The van der Waals surface area contributed by atoms with E-state index >= 15 is 0 Å². The number of aromatic nitrogens is 2. The Labute approximate surface area is 184 Å². The molecular weight excluding hydrogens is 417 g/mol. The number of hydrogen-bond acceptors (Lipinski definition) is 2. The quantitative estimate of drug-likeness (QED) is 0.399. The summed E-state index contributed by atoms with van der Waals surface area (Å²) in [6, 6.07) is 23.3. The summed E-state index contributed by atoms with van der Waals surface area (Å²) in [5.74, 6) is 0.985. The Morgan fingerprint density at radius 3 is 2.60 bits per heavy atom. The molecule has 0 bridgehead atoms. The third-order valence-corrected chi connectivity index (χ3v) is 6.18. The van der Waals surface area contributed by atoms with Crippen LogP contribution in [0.5, 0.6) is 0 Å². The molecule has 4 nitrogen and oxygen atoms in total. The minimum Gasteiger partial charge on any atom is -0.323 e. The first-order chi connectivity index (χ1) is 14.6. The second-order valence-corrected chi connectivity index (χ2v) is 8.37. The Hall–Kier alpha value is -2.82. The van der Waals surface area contributed by atoms with Crippen LogP contribution in [-0.2, 0) is 11.3 Å². The molecule has 4 aromatic rings. The zero-order chi connectivity index (χ0) is 20.7. The Balaban J connectivity index is 1.54. The summed E-state index contributed by atoms with van der Waals surface area (Å²) in [6.07, 6.45) is 0.415. The molecule has 0 aliphatic carbocycles. The first-order valence-corrected chi connectivity index (χ1v) is 10.6. The van der Waals surface area contributed by atoms with Gasteiger partial charge < -0.3 is 9.47 Å². The average Bonchev–Trinajstić information content (AvgIpc) is 3.30. The van der Waals surface area contributed by atoms with Gasteiger partial charge in [-0.1, -0.05) is 59.6 Å². The molecule has 1 saturated heterocycles. The molecule has 1 atom stereocenters. The molecule has 150 valence electrons. The summed E-state index contributed by atoms with van der Waals surface area (Å²) >= 11 is 12.6. The van der Waals surface area contributed by atoms with Crippen molar-refractivity contribution >= 4 is 45.8 Å². The van der Waals surface area contributed by atoms with Crippen LogP contribution >= 0.6 is 23.2 Å². The normalized spacial score (nSPS) is 16.5. The maximum absolute atomic E-state index is 12.8. The number of amides is 1. The van der Waals surface area contributed by atoms with E-state index < -0.39 is 0 Å². The number of imidazole rings is 1. The molecule has 6 heteroatoms. The molecule has 0 N–H and O–H groups in total. The molecule has 1 unspecified atom stereocenters. The molecule has 0 radical (unpaired) electrons. The molecule has 3 aromatic carbocycles. The fourth-order valence-electron chi connectivity index (χ4n) is 4.14. The van der Waals surface area contributed by atoms with Crippen LogP contribution in [-0.4, -0.2) is 22.0 Å². The highest BCUT2D eigenvalue weighted by atomic mass is 35.5. The molecule has 1 aliphatic heterocycles. The molecule has 1 aliphatic rings. The number of carbonyl (C=O) groups is 1. The Bertz CT molecular complexity index is 1250. The molecule has 0 saturated carbocycles. The van der Waals surface area contributed by atoms with Crippen LogP contribution in [0, 0.1) is 0 Å². The van der Waals surface area contributed by atoms with Gasteiger partial charge in [0.2, 0.25) is 5.91 Å². The molecule has 5 rings (SSSR count). The summed E-state index contributed by atoms with van der Waals surface area (Å²) in [7, 11) is 0. The van der Waals surface area contributed by atoms with Crippen molar-refractivity contribution in [2.45, 2.75) is 18.9 Å². The van der Waals surface area contributed by atoms with Crippen molar-refractivity contribution in [1.82, 2.24) is 9.55 Å². The van der Waals surface area contributed by atoms with Crippen LogP contribution in [0.2, 0.25) is 10.0 Å². The van der Waals surface area contributed by atoms with E-state index in [-0.39, 0.29) is 11.8 Å². The van der Waals surface area contributed by atoms with E-state index in [0.29, 0.717) is 24.5 Å². The zero-order valence-corrected chi connectivity index (χ0v) is 17.6. The summed E-state index contributed by atoms with van der Waals surface area (Å²) in [5, 5.41) is 1.35. The van der Waals surface area contributed by atoms with Gasteiger partial charge in [0, 0.05) is 34.6 Å². The number of fused-ring (bicyclic) bond motifs is 1. The number of para-hydroxylation sites is 2. The average molecular weight is 436 g/mol. The first-order valence-electron chi connectivity index (χ1n) is 9.84. The highest BCUT2D eigenvalue weighted by Crippen LogP contribution is 2.34. The van der Waals surface area contributed by atoms with Gasteiger partial charge in [-0.05, 0) is 42.0 Å². The van der Waals surface area contributed by atoms with E-state index in [1.807, 2.05) is 66.7 Å². The topological polar surface area (TPSA) is 38.1 Å². The monoisotopic (exact) mass is 435 g/mol. The molecule has 1 aromatic heterocycles. The van der Waals surface area contributed by atoms with Crippen molar-refractivity contribution in [2.24, 2.45) is 0 Å². The van der Waals surface area contributed by atoms with Crippen LogP contribution in [0.4, 0.5) is 5.69 Å². The zero-order valence-electron chi connectivity index (χ0n) is 16.1. The lowest BCUT2D eigenvalue weighted by atomic mass is 10.1. The second kappa shape index (κ2) is 7.78. The van der Waals surface area contributed by atoms with Gasteiger partial charge in [0.25, 0.3) is 0 Å². The molecule has 2 heterocycles. The van der Waals surface area contributed by atoms with E-state index in [9.17, 15) is 4.79 Å². The Kier molecular flexibility index (Phi) is 4.97. The van der Waals surface area contributed by atoms with E-state index in [2.05, 4.69) is 10.6 Å². The minimum absolute atomic E-state index is 0.00799. The number of carbonyl (C=O) groups excluding carboxylic acids is 1. The van der Waals surface area contributed by atoms with Crippen molar-refractivity contribution < 1.29 is 4.79 Å². The lowest BCUT2D eigenvalue weighted by Gasteiger charge is -2.18. The van der Waals surface area contributed by atoms with Crippen LogP contribution in [0.3, 0.4) is 0 Å². The number of hydrogen-bond donors (Lipinski definition) is 0. The smallest absolute Gasteiger partial charge is 0.227 e. The van der Waals surface area contributed by atoms with Gasteiger partial charge in [-0.3, -0.25) is 4.79 Å². The maximum Gasteiger partial charge on any atom is 0.227 e. The SMILES string of the molecule is O=C1CC(c2nc3ccccc3n2Cc2ccccc2Cl)CN1c1cccc(Cl)c1. The van der Waals surface area contributed by atoms with Gasteiger partial charge in [0.05, 0.1) is 17.6 Å². The highest BCUT2D eigenvalue weighted by molar-refractivity contribution is 6.31. The van der Waals surface area contributed by atoms with Gasteiger partial charge in [-0.15, -0.1) is 0 Å². The van der Waals surface area contributed by atoms with Crippen molar-refractivity contribution in [3.8, 4) is 0 Å². The van der Waals surface area contributed by atoms with Crippen LogP contribution in [0.15, 0.2) is 72.8 Å². The third-order valence-electron chi connectivity index (χ3n) is 5.58. The van der Waals surface area contributed by atoms with E-state index in [1.165, 1.54) is 0 Å². The minimum atomic E-state index is -0.00799. The second-order valence-electron chi connectivity index (χ2n) is 7.52. The number of nitrogens with zero attached hydrogens (tertiary/aromatic N) is 3. The number of anilines is 1. The van der Waals surface area contributed by atoms with Crippen molar-refractivity contribution in [2.75, 3.05) is 11.4 Å². The Morgan fingerprint density at radius 1 is 0.967 bits per heavy atom. The molecule has 1 fully saturated rings. The fraction of sp³-hybridized carbons (Fsp3) is 0.167. The van der Waals surface area contributed by atoms with Gasteiger partial charge in [-0.25, -0.2) is 4.98 Å². The van der Waals surface area contributed by atoms with E-state index in [1.54, 1.807) is 4.90 Å². The van der Waals surface area contributed by atoms with Gasteiger partial charge in [-0.2, -0.15) is 0 Å². The summed E-state index contributed by atoms with van der Waals surface area (Å²) in [6.45, 7) is 1.18. The summed E-state index contributed by atoms with van der Waals surface area (Å²) in [4.78, 5) is 19.6. The van der Waals surface area contributed by atoms with Crippen molar-refractivity contribution in [3.63, 3.8) is 0 Å². The van der Waals surface area contributed by atoms with Gasteiger partial charge >= 0.3 is 0 Å². The highest BCUT2D eigenvalue weighted by Gasteiger charge is 2.35. The largest absolute Gasteiger partial charge is 0.323 e. The fourth-order valence-corrected chi connectivity index (χ4v) is 4.52. The summed E-state index contributed by atoms with van der Waals surface area (Å²) < 4.78 is 2.19. The lowest BCUT2D eigenvalue weighted by molar-refractivity contribution is -0.117. The number of rotatable bonds is 4.